The lowest BCUT2D eigenvalue weighted by Crippen LogP contribution is -2.44. The molecule has 0 rings (SSSR count). The minimum Gasteiger partial charge on any atom is -0.375 e. The molecule has 0 aliphatic rings. The van der Waals surface area contributed by atoms with Crippen LogP contribution in [-0.2, 0) is 4.74 Å². The zero-order chi connectivity index (χ0) is 13.0. The van der Waals surface area contributed by atoms with Crippen LogP contribution in [0.5, 0.6) is 0 Å². The van der Waals surface area contributed by atoms with E-state index in [1.54, 1.807) is 0 Å². The van der Waals surface area contributed by atoms with Gasteiger partial charge in [0.2, 0.25) is 0 Å². The van der Waals surface area contributed by atoms with Gasteiger partial charge in [0.1, 0.15) is 0 Å². The van der Waals surface area contributed by atoms with Gasteiger partial charge in [0.05, 0.1) is 12.2 Å². The van der Waals surface area contributed by atoms with Crippen LogP contribution in [0, 0.1) is 5.41 Å². The van der Waals surface area contributed by atoms with E-state index in [1.165, 1.54) is 0 Å². The Balaban J connectivity index is 3.83. The minimum absolute atomic E-state index is 0.0319. The van der Waals surface area contributed by atoms with E-state index in [0.717, 1.165) is 19.6 Å². The maximum Gasteiger partial charge on any atom is 0.0599 e. The first kappa shape index (κ1) is 15.9. The summed E-state index contributed by atoms with van der Waals surface area (Å²) in [4.78, 5) is 0. The van der Waals surface area contributed by atoms with E-state index >= 15 is 0 Å². The van der Waals surface area contributed by atoms with Crippen molar-refractivity contribution in [2.24, 2.45) is 5.41 Å². The van der Waals surface area contributed by atoms with E-state index in [1.807, 2.05) is 0 Å². The highest BCUT2D eigenvalue weighted by atomic mass is 16.5. The van der Waals surface area contributed by atoms with Gasteiger partial charge in [-0.15, -0.1) is 0 Å². The highest BCUT2D eigenvalue weighted by Gasteiger charge is 2.24. The predicted octanol–water partition coefficient (Wildman–Crippen LogP) is 3.61. The van der Waals surface area contributed by atoms with Gasteiger partial charge in [0.15, 0.2) is 0 Å². The molecule has 0 aromatic carbocycles. The molecule has 0 fully saturated rings. The van der Waals surface area contributed by atoms with Gasteiger partial charge in [-0.2, -0.15) is 0 Å². The van der Waals surface area contributed by atoms with Gasteiger partial charge in [0.25, 0.3) is 0 Å². The first-order valence-electron chi connectivity index (χ1n) is 6.30. The number of hydrogen-bond acceptors (Lipinski definition) is 2. The number of nitrogens with one attached hydrogen (secondary N) is 1. The van der Waals surface area contributed by atoms with E-state index in [9.17, 15) is 0 Å². The standard InChI is InChI=1S/C14H31NO/c1-12(2,3)11-14(7,8)15-9-10-16-13(4,5)6/h15H,9-11H2,1-8H3. The average molecular weight is 229 g/mol. The van der Waals surface area contributed by atoms with Crippen molar-refractivity contribution in [2.75, 3.05) is 13.2 Å². The highest BCUT2D eigenvalue weighted by Crippen LogP contribution is 2.26. The summed E-state index contributed by atoms with van der Waals surface area (Å²) in [6.45, 7) is 19.3. The summed E-state index contributed by atoms with van der Waals surface area (Å²) in [5.74, 6) is 0. The molecule has 0 spiro atoms. The molecule has 0 saturated heterocycles. The maximum absolute atomic E-state index is 5.69. The van der Waals surface area contributed by atoms with Crippen LogP contribution < -0.4 is 5.32 Å². The fourth-order valence-corrected chi connectivity index (χ4v) is 2.13. The summed E-state index contributed by atoms with van der Waals surface area (Å²) >= 11 is 0. The lowest BCUT2D eigenvalue weighted by molar-refractivity contribution is -0.00355. The largest absolute Gasteiger partial charge is 0.375 e. The summed E-state index contributed by atoms with van der Waals surface area (Å²) in [7, 11) is 0. The van der Waals surface area contributed by atoms with Crippen molar-refractivity contribution >= 4 is 0 Å². The molecule has 0 amide bonds. The van der Waals surface area contributed by atoms with Crippen molar-refractivity contribution in [1.82, 2.24) is 5.32 Å². The van der Waals surface area contributed by atoms with E-state index in [-0.39, 0.29) is 11.1 Å². The van der Waals surface area contributed by atoms with E-state index in [2.05, 4.69) is 60.7 Å². The molecule has 0 aromatic heterocycles. The Morgan fingerprint density at radius 2 is 1.38 bits per heavy atom. The third-order valence-electron chi connectivity index (χ3n) is 2.21. The Hall–Kier alpha value is -0.0800. The van der Waals surface area contributed by atoms with E-state index < -0.39 is 0 Å². The third-order valence-corrected chi connectivity index (χ3v) is 2.21. The Labute approximate surface area is 102 Å². The Morgan fingerprint density at radius 3 is 1.75 bits per heavy atom. The van der Waals surface area contributed by atoms with E-state index in [0.29, 0.717) is 5.41 Å². The number of hydrogen-bond donors (Lipinski definition) is 1. The van der Waals surface area contributed by atoms with Crippen LogP contribution in [0.1, 0.15) is 61.8 Å². The van der Waals surface area contributed by atoms with Gasteiger partial charge >= 0.3 is 0 Å². The van der Waals surface area contributed by atoms with Gasteiger partial charge in [-0.25, -0.2) is 0 Å². The van der Waals surface area contributed by atoms with Gasteiger partial charge < -0.3 is 10.1 Å². The molecule has 0 saturated carbocycles. The molecule has 0 unspecified atom stereocenters. The molecule has 1 N–H and O–H groups in total. The van der Waals surface area contributed by atoms with E-state index in [4.69, 9.17) is 4.74 Å². The molecule has 0 aliphatic heterocycles. The average Bonchev–Trinajstić information content (AvgIpc) is 1.91. The molecule has 0 bridgehead atoms. The first-order chi connectivity index (χ1) is 6.91. The molecule has 0 radical (unpaired) electrons. The fraction of sp³-hybridized carbons (Fsp3) is 1.00. The van der Waals surface area contributed by atoms with Crippen LogP contribution in [0.15, 0.2) is 0 Å². The smallest absolute Gasteiger partial charge is 0.0599 e. The van der Waals surface area contributed by atoms with Crippen molar-refractivity contribution in [1.29, 1.82) is 0 Å². The van der Waals surface area contributed by atoms with Crippen LogP contribution in [-0.4, -0.2) is 24.3 Å². The second-order valence-corrected chi connectivity index (χ2v) is 7.51. The van der Waals surface area contributed by atoms with Crippen LogP contribution in [0.3, 0.4) is 0 Å². The summed E-state index contributed by atoms with van der Waals surface area (Å²) in [6.07, 6.45) is 1.16. The molecule has 2 heteroatoms. The van der Waals surface area contributed by atoms with Gasteiger partial charge in [-0.3, -0.25) is 0 Å². The van der Waals surface area contributed by atoms with Crippen molar-refractivity contribution in [3.63, 3.8) is 0 Å². The summed E-state index contributed by atoms with van der Waals surface area (Å²) in [5, 5.41) is 3.56. The molecule has 16 heavy (non-hydrogen) atoms. The van der Waals surface area contributed by atoms with Crippen LogP contribution in [0.2, 0.25) is 0 Å². The minimum atomic E-state index is -0.0319. The molecule has 0 aromatic rings. The quantitative estimate of drug-likeness (QED) is 0.727. The molecular weight excluding hydrogens is 198 g/mol. The van der Waals surface area contributed by atoms with Gasteiger partial charge in [-0.05, 0) is 46.5 Å². The van der Waals surface area contributed by atoms with Crippen LogP contribution >= 0.6 is 0 Å². The molecule has 98 valence electrons. The maximum atomic E-state index is 5.69. The van der Waals surface area contributed by atoms with Crippen molar-refractivity contribution < 1.29 is 4.74 Å². The Bertz CT molecular complexity index is 196. The number of rotatable bonds is 5. The molecular formula is C14H31NO. The molecule has 0 atom stereocenters. The van der Waals surface area contributed by atoms with Crippen molar-refractivity contribution in [3.05, 3.63) is 0 Å². The molecule has 2 nitrogen and oxygen atoms in total. The zero-order valence-corrected chi connectivity index (χ0v) is 12.5. The van der Waals surface area contributed by atoms with Crippen molar-refractivity contribution in [2.45, 2.75) is 73.0 Å². The highest BCUT2D eigenvalue weighted by molar-refractivity contribution is 4.83. The molecule has 0 heterocycles. The summed E-state index contributed by atoms with van der Waals surface area (Å²) in [5.41, 5.74) is 0.511. The Kier molecular flexibility index (Phi) is 5.48. The monoisotopic (exact) mass is 229 g/mol. The third kappa shape index (κ3) is 10.4. The SMILES string of the molecule is CC(C)(C)CC(C)(C)NCCOC(C)(C)C. The normalized spacial score (nSPS) is 14.2. The zero-order valence-electron chi connectivity index (χ0n) is 12.5. The second-order valence-electron chi connectivity index (χ2n) is 7.51. The Morgan fingerprint density at radius 1 is 0.875 bits per heavy atom. The van der Waals surface area contributed by atoms with Gasteiger partial charge in [-0.1, -0.05) is 20.8 Å². The number of ether oxygens (including phenoxy) is 1. The molecule has 0 aliphatic carbocycles. The van der Waals surface area contributed by atoms with Crippen LogP contribution in [0.25, 0.3) is 0 Å². The fourth-order valence-electron chi connectivity index (χ4n) is 2.13. The second kappa shape index (κ2) is 5.50. The lowest BCUT2D eigenvalue weighted by atomic mass is 9.82. The van der Waals surface area contributed by atoms with Crippen molar-refractivity contribution in [3.8, 4) is 0 Å². The summed E-state index contributed by atoms with van der Waals surface area (Å²) < 4.78 is 5.69. The van der Waals surface area contributed by atoms with Gasteiger partial charge in [0, 0.05) is 12.1 Å². The summed E-state index contributed by atoms with van der Waals surface area (Å²) in [6, 6.07) is 0. The topological polar surface area (TPSA) is 21.3 Å². The first-order valence-corrected chi connectivity index (χ1v) is 6.30. The lowest BCUT2D eigenvalue weighted by Gasteiger charge is -2.34. The van der Waals surface area contributed by atoms with Crippen LogP contribution in [0.4, 0.5) is 0 Å². The predicted molar refractivity (Wildman–Crippen MR) is 71.9 cm³/mol.